The predicted molar refractivity (Wildman–Crippen MR) is 125 cm³/mol. The van der Waals surface area contributed by atoms with Gasteiger partial charge in [-0.2, -0.15) is 31.6 Å². The molecule has 0 spiro atoms. The molecule has 2 aromatic carbocycles. The number of hydrogen-bond acceptors (Lipinski definition) is 4. The highest BCUT2D eigenvalue weighted by Crippen LogP contribution is 2.54. The molecule has 0 aliphatic carbocycles. The summed E-state index contributed by atoms with van der Waals surface area (Å²) >= 11 is -2.10. The molecule has 1 unspecified atom stereocenters. The van der Waals surface area contributed by atoms with Gasteiger partial charge in [0.25, 0.3) is 0 Å². The third kappa shape index (κ3) is 4.92. The van der Waals surface area contributed by atoms with E-state index in [1.54, 1.807) is 0 Å². The van der Waals surface area contributed by atoms with Crippen molar-refractivity contribution in [2.24, 2.45) is 5.41 Å². The van der Waals surface area contributed by atoms with E-state index < -0.39 is 56.6 Å². The van der Waals surface area contributed by atoms with Gasteiger partial charge in [-0.05, 0) is 48.3 Å². The third-order valence-electron chi connectivity index (χ3n) is 7.46. The molecule has 40 heavy (non-hydrogen) atoms. The van der Waals surface area contributed by atoms with Crippen LogP contribution >= 0.6 is 0 Å². The summed E-state index contributed by atoms with van der Waals surface area (Å²) in [4.78, 5) is 14.9. The molecule has 0 N–H and O–H groups in total. The number of nitrogens with zero attached hydrogens (tertiary/aromatic N) is 2. The summed E-state index contributed by atoms with van der Waals surface area (Å²) in [6.07, 6.45) is -12.5. The smallest absolute Gasteiger partial charge is 0.435 e. The van der Waals surface area contributed by atoms with Gasteiger partial charge in [0.2, 0.25) is 5.91 Å². The van der Waals surface area contributed by atoms with Gasteiger partial charge < -0.3 is 14.2 Å². The van der Waals surface area contributed by atoms with Crippen molar-refractivity contribution in [3.05, 3.63) is 65.5 Å². The zero-order valence-corrected chi connectivity index (χ0v) is 21.4. The van der Waals surface area contributed by atoms with Crippen LogP contribution in [-0.2, 0) is 31.1 Å². The molecular formula is C26H22F8N2O3S. The van der Waals surface area contributed by atoms with Gasteiger partial charge >= 0.3 is 18.0 Å². The number of halogens is 8. The largest absolute Gasteiger partial charge is 0.611 e. The van der Waals surface area contributed by atoms with Crippen LogP contribution in [0.3, 0.4) is 0 Å². The van der Waals surface area contributed by atoms with Crippen molar-refractivity contribution in [2.45, 2.75) is 46.9 Å². The van der Waals surface area contributed by atoms with E-state index in [1.807, 2.05) is 6.07 Å². The number of amides is 1. The maximum absolute atomic E-state index is 14.6. The van der Waals surface area contributed by atoms with E-state index >= 15 is 0 Å². The number of likely N-dealkylation sites (tertiary alicyclic amines) is 1. The van der Waals surface area contributed by atoms with Crippen molar-refractivity contribution in [1.29, 1.82) is 5.26 Å². The molecule has 1 amide bonds. The topological polar surface area (TPSA) is 76.4 Å². The predicted octanol–water partition coefficient (Wildman–Crippen LogP) is 5.67. The molecule has 5 nitrogen and oxygen atoms in total. The van der Waals surface area contributed by atoms with Crippen LogP contribution in [0, 0.1) is 22.6 Å². The number of hydrogen-bond donors (Lipinski definition) is 0. The van der Waals surface area contributed by atoms with Gasteiger partial charge in [0.05, 0.1) is 12.6 Å². The molecule has 2 fully saturated rings. The molecule has 2 atom stereocenters. The van der Waals surface area contributed by atoms with Gasteiger partial charge in [0.15, 0.2) is 9.64 Å². The van der Waals surface area contributed by atoms with Crippen molar-refractivity contribution >= 4 is 17.1 Å². The van der Waals surface area contributed by atoms with Crippen LogP contribution in [0.15, 0.2) is 53.4 Å². The van der Waals surface area contributed by atoms with E-state index in [0.29, 0.717) is 12.1 Å². The average Bonchev–Trinajstić information content (AvgIpc) is 3.38. The van der Waals surface area contributed by atoms with E-state index in [-0.39, 0.29) is 56.0 Å². The second-order valence-electron chi connectivity index (χ2n) is 9.73. The van der Waals surface area contributed by atoms with E-state index in [2.05, 4.69) is 0 Å². The van der Waals surface area contributed by atoms with Gasteiger partial charge in [-0.25, -0.2) is 8.78 Å². The molecular weight excluding hydrogens is 572 g/mol. The van der Waals surface area contributed by atoms with E-state index in [4.69, 9.17) is 4.74 Å². The highest BCUT2D eigenvalue weighted by Gasteiger charge is 2.73. The minimum atomic E-state index is -6.31. The summed E-state index contributed by atoms with van der Waals surface area (Å²) in [6, 6.07) is 8.82. The SMILES string of the molecule is N#CC1(C(=O)N2CC[C@](c3ccc(C(F)(C(F)(F)F)C(F)(F)F)cc3)([S+]([O-])c3ccc(F)cc3)C2)CCOCC1. The van der Waals surface area contributed by atoms with Crippen LogP contribution in [0.25, 0.3) is 0 Å². The lowest BCUT2D eigenvalue weighted by atomic mass is 9.80. The molecule has 4 rings (SSSR count). The van der Waals surface area contributed by atoms with Crippen molar-refractivity contribution in [3.8, 4) is 6.07 Å². The van der Waals surface area contributed by atoms with Gasteiger partial charge in [-0.3, -0.25) is 4.79 Å². The van der Waals surface area contributed by atoms with Gasteiger partial charge in [0.1, 0.15) is 11.2 Å². The Balaban J connectivity index is 1.77. The van der Waals surface area contributed by atoms with Crippen LogP contribution in [0.1, 0.15) is 30.4 Å². The molecule has 2 heterocycles. The van der Waals surface area contributed by atoms with Crippen molar-refractivity contribution in [2.75, 3.05) is 26.3 Å². The lowest BCUT2D eigenvalue weighted by Crippen LogP contribution is -2.50. The summed E-state index contributed by atoms with van der Waals surface area (Å²) in [5.41, 5.74) is -8.79. The number of benzene rings is 2. The number of alkyl halides is 7. The maximum Gasteiger partial charge on any atom is 0.435 e. The van der Waals surface area contributed by atoms with Gasteiger partial charge in [0, 0.05) is 37.3 Å². The van der Waals surface area contributed by atoms with E-state index in [9.17, 15) is 49.7 Å². The molecule has 0 radical (unpaired) electrons. The third-order valence-corrected chi connectivity index (χ3v) is 9.44. The first-order chi connectivity index (χ1) is 18.6. The molecule has 0 saturated carbocycles. The molecule has 2 saturated heterocycles. The Bertz CT molecular complexity index is 1260. The van der Waals surface area contributed by atoms with Gasteiger partial charge in [-0.15, -0.1) is 0 Å². The first-order valence-corrected chi connectivity index (χ1v) is 13.2. The molecule has 2 aliphatic heterocycles. The number of ether oxygens (including phenoxy) is 1. The van der Waals surface area contributed by atoms with E-state index in [1.165, 1.54) is 17.0 Å². The van der Waals surface area contributed by atoms with Crippen molar-refractivity contribution < 1.29 is 49.2 Å². The maximum atomic E-state index is 14.6. The minimum Gasteiger partial charge on any atom is -0.611 e. The zero-order valence-electron chi connectivity index (χ0n) is 20.6. The standard InChI is InChI=1S/C26H22F8N2O3S/c27-19-5-7-20(8-6-19)40(38)23(9-12-36(16-23)21(37)22(15-35)10-13-39-14-11-22)17-1-3-18(4-2-17)24(28,25(29,30)31)26(32,33)34/h1-8H,9-14,16H2/t23-,40?/m0/s1. The first kappa shape index (κ1) is 30.1. The van der Waals surface area contributed by atoms with E-state index in [0.717, 1.165) is 24.3 Å². The van der Waals surface area contributed by atoms with Crippen LogP contribution in [-0.4, -0.2) is 54.0 Å². The number of nitriles is 1. The fourth-order valence-electron chi connectivity index (χ4n) is 5.12. The Kier molecular flexibility index (Phi) is 7.90. The zero-order chi connectivity index (χ0) is 29.6. The Labute approximate surface area is 226 Å². The quantitative estimate of drug-likeness (QED) is 0.330. The monoisotopic (exact) mass is 594 g/mol. The fraction of sp³-hybridized carbons (Fsp3) is 0.462. The molecule has 0 aromatic heterocycles. The highest BCUT2D eigenvalue weighted by atomic mass is 32.2. The highest BCUT2D eigenvalue weighted by molar-refractivity contribution is 7.92. The number of rotatable bonds is 5. The summed E-state index contributed by atoms with van der Waals surface area (Å²) in [7, 11) is 0. The van der Waals surface area contributed by atoms with Crippen LogP contribution in [0.4, 0.5) is 35.1 Å². The van der Waals surface area contributed by atoms with Gasteiger partial charge in [-0.1, -0.05) is 24.3 Å². The first-order valence-electron chi connectivity index (χ1n) is 12.0. The number of carbonyl (C=O) groups excluding carboxylic acids is 1. The molecule has 0 bridgehead atoms. The normalized spacial score (nSPS) is 22.6. The fourth-order valence-corrected chi connectivity index (χ4v) is 6.86. The molecule has 14 heteroatoms. The van der Waals surface area contributed by atoms with Crippen molar-refractivity contribution in [1.82, 2.24) is 4.90 Å². The Morgan fingerprint density at radius 1 is 0.925 bits per heavy atom. The summed E-state index contributed by atoms with van der Waals surface area (Å²) in [5, 5.41) is 9.80. The second-order valence-corrected chi connectivity index (χ2v) is 11.5. The lowest BCUT2D eigenvalue weighted by molar-refractivity contribution is -0.348. The summed E-state index contributed by atoms with van der Waals surface area (Å²) < 4.78 is 125. The van der Waals surface area contributed by atoms with Crippen LogP contribution in [0.2, 0.25) is 0 Å². The van der Waals surface area contributed by atoms with Crippen molar-refractivity contribution in [3.63, 3.8) is 0 Å². The Morgan fingerprint density at radius 3 is 1.98 bits per heavy atom. The lowest BCUT2D eigenvalue weighted by Gasteiger charge is -2.35. The Hall–Kier alpha value is -2.89. The average molecular weight is 595 g/mol. The molecule has 2 aromatic rings. The minimum absolute atomic E-state index is 0.0149. The summed E-state index contributed by atoms with van der Waals surface area (Å²) in [6.45, 7) is -0.0238. The second kappa shape index (κ2) is 10.5. The Morgan fingerprint density at radius 2 is 1.48 bits per heavy atom. The molecule has 2 aliphatic rings. The molecule has 216 valence electrons. The van der Waals surface area contributed by atoms with Crippen LogP contribution < -0.4 is 0 Å². The summed E-state index contributed by atoms with van der Waals surface area (Å²) in [5.74, 6) is -1.21. The van der Waals surface area contributed by atoms with Crippen LogP contribution in [0.5, 0.6) is 0 Å². The number of carbonyl (C=O) groups is 1.